The summed E-state index contributed by atoms with van der Waals surface area (Å²) in [5.74, 6) is -2.19. The molecule has 1 aromatic carbocycles. The van der Waals surface area contributed by atoms with E-state index in [-0.39, 0.29) is 23.2 Å². The van der Waals surface area contributed by atoms with Crippen LogP contribution in [0.5, 0.6) is 0 Å². The highest BCUT2D eigenvalue weighted by Crippen LogP contribution is 2.41. The Morgan fingerprint density at radius 3 is 2.25 bits per heavy atom. The van der Waals surface area contributed by atoms with Crippen molar-refractivity contribution in [2.24, 2.45) is 5.41 Å². The summed E-state index contributed by atoms with van der Waals surface area (Å²) in [4.78, 5) is 26.3. The molecule has 1 unspecified atom stereocenters. The number of nitriles is 1. The zero-order valence-corrected chi connectivity index (χ0v) is 19.6. The fourth-order valence-corrected chi connectivity index (χ4v) is 3.50. The first-order valence-corrected chi connectivity index (χ1v) is 10.1. The lowest BCUT2D eigenvalue weighted by molar-refractivity contribution is -0.142. The third-order valence-electron chi connectivity index (χ3n) is 4.91. The van der Waals surface area contributed by atoms with Crippen molar-refractivity contribution in [3.63, 3.8) is 0 Å². The standard InChI is InChI=1S/C24H30N2O6/c1-14-17(22(28)32-13-24(2,3)4)18(16-11-9-8-10-15(16)12-25)19(21(27)29-5)20(26-14)23(30-6)31-7/h8-11,18,23,26H,13H2,1-7H3. The molecule has 1 atom stereocenters. The van der Waals surface area contributed by atoms with Crippen molar-refractivity contribution in [3.05, 3.63) is 57.9 Å². The molecule has 1 aliphatic rings. The minimum absolute atomic E-state index is 0.109. The van der Waals surface area contributed by atoms with E-state index < -0.39 is 24.1 Å². The first-order chi connectivity index (χ1) is 15.1. The number of nitrogens with one attached hydrogen (secondary N) is 1. The molecule has 8 nitrogen and oxygen atoms in total. The van der Waals surface area contributed by atoms with Crippen LogP contribution in [0.1, 0.15) is 44.7 Å². The third kappa shape index (κ3) is 5.36. The summed E-state index contributed by atoms with van der Waals surface area (Å²) in [6, 6.07) is 8.93. The van der Waals surface area contributed by atoms with Gasteiger partial charge < -0.3 is 24.3 Å². The molecule has 0 fully saturated rings. The second-order valence-corrected chi connectivity index (χ2v) is 8.55. The second kappa shape index (κ2) is 10.4. The van der Waals surface area contributed by atoms with E-state index in [1.165, 1.54) is 21.3 Å². The number of hydrogen-bond acceptors (Lipinski definition) is 8. The fraction of sp³-hybridized carbons (Fsp3) is 0.458. The number of rotatable bonds is 7. The molecule has 8 heteroatoms. The van der Waals surface area contributed by atoms with Crippen LogP contribution in [-0.4, -0.2) is 46.2 Å². The van der Waals surface area contributed by atoms with Gasteiger partial charge in [0.2, 0.25) is 0 Å². The van der Waals surface area contributed by atoms with Gasteiger partial charge in [-0.15, -0.1) is 0 Å². The van der Waals surface area contributed by atoms with Crippen LogP contribution in [0.15, 0.2) is 46.8 Å². The van der Waals surface area contributed by atoms with Crippen LogP contribution in [0.4, 0.5) is 0 Å². The Balaban J connectivity index is 2.79. The minimum atomic E-state index is -0.928. The maximum atomic E-state index is 13.3. The molecule has 0 amide bonds. The van der Waals surface area contributed by atoms with Gasteiger partial charge in [-0.05, 0) is 24.0 Å². The average molecular weight is 443 g/mol. The van der Waals surface area contributed by atoms with Crippen LogP contribution < -0.4 is 5.32 Å². The molecule has 2 rings (SSSR count). The number of dihydropyridines is 1. The number of benzene rings is 1. The largest absolute Gasteiger partial charge is 0.466 e. The van der Waals surface area contributed by atoms with Gasteiger partial charge >= 0.3 is 11.9 Å². The molecule has 32 heavy (non-hydrogen) atoms. The molecule has 1 heterocycles. The van der Waals surface area contributed by atoms with Crippen LogP contribution in [0.25, 0.3) is 0 Å². The van der Waals surface area contributed by atoms with Crippen molar-refractivity contribution in [3.8, 4) is 6.07 Å². The molecule has 172 valence electrons. The molecule has 0 saturated heterocycles. The summed E-state index contributed by atoms with van der Waals surface area (Å²) in [5, 5.41) is 12.8. The van der Waals surface area contributed by atoms with Crippen LogP contribution in [0, 0.1) is 16.7 Å². The highest BCUT2D eigenvalue weighted by molar-refractivity contribution is 6.00. The lowest BCUT2D eigenvalue weighted by Gasteiger charge is -2.34. The first-order valence-electron chi connectivity index (χ1n) is 10.1. The lowest BCUT2D eigenvalue weighted by atomic mass is 9.78. The molecule has 0 bridgehead atoms. The van der Waals surface area contributed by atoms with Crippen molar-refractivity contribution >= 4 is 11.9 Å². The van der Waals surface area contributed by atoms with E-state index in [4.69, 9.17) is 18.9 Å². The number of esters is 2. The van der Waals surface area contributed by atoms with E-state index in [9.17, 15) is 14.9 Å². The van der Waals surface area contributed by atoms with Gasteiger partial charge in [-0.3, -0.25) is 0 Å². The van der Waals surface area contributed by atoms with E-state index >= 15 is 0 Å². The molecule has 0 spiro atoms. The average Bonchev–Trinajstić information content (AvgIpc) is 2.76. The smallest absolute Gasteiger partial charge is 0.336 e. The summed E-state index contributed by atoms with van der Waals surface area (Å²) in [6.07, 6.45) is -0.928. The summed E-state index contributed by atoms with van der Waals surface area (Å²) in [5.41, 5.74) is 1.62. The second-order valence-electron chi connectivity index (χ2n) is 8.55. The maximum Gasteiger partial charge on any atom is 0.336 e. The van der Waals surface area contributed by atoms with Crippen molar-refractivity contribution in [1.29, 1.82) is 5.26 Å². The Hall–Kier alpha value is -3.15. The number of carbonyl (C=O) groups is 2. The van der Waals surface area contributed by atoms with Crippen molar-refractivity contribution in [2.45, 2.75) is 39.9 Å². The van der Waals surface area contributed by atoms with E-state index in [1.807, 2.05) is 20.8 Å². The lowest BCUT2D eigenvalue weighted by Crippen LogP contribution is -2.39. The molecule has 1 aromatic rings. The normalized spacial score (nSPS) is 16.5. The SMILES string of the molecule is COC(=O)C1=C(C(OC)OC)NC(C)=C(C(=O)OCC(C)(C)C)C1c1ccccc1C#N. The summed E-state index contributed by atoms with van der Waals surface area (Å²) < 4.78 is 21.4. The predicted octanol–water partition coefficient (Wildman–Crippen LogP) is 3.15. The zero-order valence-electron chi connectivity index (χ0n) is 19.6. The number of carbonyl (C=O) groups excluding carboxylic acids is 2. The molecule has 1 aliphatic heterocycles. The first kappa shape index (κ1) is 25.1. The van der Waals surface area contributed by atoms with Gasteiger partial charge in [0.15, 0.2) is 6.29 Å². The predicted molar refractivity (Wildman–Crippen MR) is 117 cm³/mol. The molecule has 0 saturated carbocycles. The third-order valence-corrected chi connectivity index (χ3v) is 4.91. The number of hydrogen-bond donors (Lipinski definition) is 1. The Kier molecular flexibility index (Phi) is 8.19. The van der Waals surface area contributed by atoms with E-state index in [1.54, 1.807) is 31.2 Å². The van der Waals surface area contributed by atoms with E-state index in [2.05, 4.69) is 11.4 Å². The molecule has 0 aliphatic carbocycles. The van der Waals surface area contributed by atoms with Crippen LogP contribution in [0.3, 0.4) is 0 Å². The van der Waals surface area contributed by atoms with Crippen molar-refractivity contribution < 1.29 is 28.5 Å². The van der Waals surface area contributed by atoms with Crippen molar-refractivity contribution in [2.75, 3.05) is 27.9 Å². The number of ether oxygens (including phenoxy) is 4. The van der Waals surface area contributed by atoms with Gasteiger partial charge in [0.1, 0.15) is 0 Å². The fourth-order valence-electron chi connectivity index (χ4n) is 3.50. The Labute approximate surface area is 188 Å². The molecule has 0 radical (unpaired) electrons. The Bertz CT molecular complexity index is 977. The van der Waals surface area contributed by atoms with Gasteiger partial charge in [0.05, 0.1) is 48.1 Å². The van der Waals surface area contributed by atoms with E-state index in [0.29, 0.717) is 22.5 Å². The highest BCUT2D eigenvalue weighted by Gasteiger charge is 2.42. The van der Waals surface area contributed by atoms with Gasteiger partial charge in [-0.1, -0.05) is 39.0 Å². The summed E-state index contributed by atoms with van der Waals surface area (Å²) >= 11 is 0. The quantitative estimate of drug-likeness (QED) is 0.507. The number of nitrogens with zero attached hydrogens (tertiary/aromatic N) is 1. The van der Waals surface area contributed by atoms with Gasteiger partial charge in [-0.2, -0.15) is 5.26 Å². The monoisotopic (exact) mass is 442 g/mol. The molecule has 0 aromatic heterocycles. The Morgan fingerprint density at radius 2 is 1.72 bits per heavy atom. The molecular formula is C24H30N2O6. The van der Waals surface area contributed by atoms with Gasteiger partial charge in [-0.25, -0.2) is 9.59 Å². The van der Waals surface area contributed by atoms with Gasteiger partial charge in [0.25, 0.3) is 0 Å². The highest BCUT2D eigenvalue weighted by atomic mass is 16.7. The number of allylic oxidation sites excluding steroid dienone is 1. The van der Waals surface area contributed by atoms with Crippen molar-refractivity contribution in [1.82, 2.24) is 5.32 Å². The number of methoxy groups -OCH3 is 3. The summed E-state index contributed by atoms with van der Waals surface area (Å²) in [6.45, 7) is 7.72. The van der Waals surface area contributed by atoms with Crippen LogP contribution in [0.2, 0.25) is 0 Å². The zero-order chi connectivity index (χ0) is 24.1. The van der Waals surface area contributed by atoms with Gasteiger partial charge in [0, 0.05) is 19.9 Å². The van der Waals surface area contributed by atoms with E-state index in [0.717, 1.165) is 0 Å². The summed E-state index contributed by atoms with van der Waals surface area (Å²) in [7, 11) is 4.11. The molecule has 1 N–H and O–H groups in total. The van der Waals surface area contributed by atoms with Crippen LogP contribution >= 0.6 is 0 Å². The Morgan fingerprint density at radius 1 is 1.09 bits per heavy atom. The van der Waals surface area contributed by atoms with Crippen LogP contribution in [-0.2, 0) is 28.5 Å². The topological polar surface area (TPSA) is 107 Å². The molecular weight excluding hydrogens is 412 g/mol. The minimum Gasteiger partial charge on any atom is -0.466 e. The maximum absolute atomic E-state index is 13.3.